The monoisotopic (exact) mass is 328 g/mol. The second kappa shape index (κ2) is 8.06. The first kappa shape index (κ1) is 17.4. The van der Waals surface area contributed by atoms with Gasteiger partial charge in [0.25, 0.3) is 10.1 Å². The molecule has 0 N–H and O–H groups in total. The Bertz CT molecular complexity index is 546. The highest BCUT2D eigenvalue weighted by Crippen LogP contribution is 2.17. The lowest BCUT2D eigenvalue weighted by Gasteiger charge is -2.24. The van der Waals surface area contributed by atoms with Gasteiger partial charge in [-0.25, -0.2) is 0 Å². The van der Waals surface area contributed by atoms with E-state index in [0.717, 1.165) is 31.4 Å². The van der Waals surface area contributed by atoms with Crippen molar-refractivity contribution in [2.45, 2.75) is 44.3 Å². The minimum atomic E-state index is -3.70. The summed E-state index contributed by atoms with van der Waals surface area (Å²) in [5.41, 5.74) is 1.01. The van der Waals surface area contributed by atoms with E-state index >= 15 is 0 Å². The quantitative estimate of drug-likeness (QED) is 0.720. The molecule has 1 aliphatic heterocycles. The first-order valence-electron chi connectivity index (χ1n) is 7.67. The summed E-state index contributed by atoms with van der Waals surface area (Å²) in [7, 11) is -3.70. The van der Waals surface area contributed by atoms with Crippen LogP contribution in [0, 0.1) is 12.8 Å². The molecule has 1 saturated heterocycles. The largest absolute Gasteiger partial charge is 0.353 e. The van der Waals surface area contributed by atoms with Crippen LogP contribution in [0.1, 0.15) is 31.7 Å². The second-order valence-electron chi connectivity index (χ2n) is 5.79. The van der Waals surface area contributed by atoms with Crippen LogP contribution < -0.4 is 0 Å². The molecule has 1 heterocycles. The number of ether oxygens (including phenoxy) is 2. The smallest absolute Gasteiger partial charge is 0.296 e. The van der Waals surface area contributed by atoms with Gasteiger partial charge in [0, 0.05) is 12.5 Å². The molecule has 1 fully saturated rings. The molecule has 1 aliphatic rings. The maximum absolute atomic E-state index is 12.1. The summed E-state index contributed by atoms with van der Waals surface area (Å²) in [6.45, 7) is 5.06. The predicted octanol–water partition coefficient (Wildman–Crippen LogP) is 2.88. The van der Waals surface area contributed by atoms with Crippen molar-refractivity contribution in [1.82, 2.24) is 0 Å². The fourth-order valence-corrected chi connectivity index (χ4v) is 3.16. The van der Waals surface area contributed by atoms with Gasteiger partial charge < -0.3 is 9.47 Å². The maximum Gasteiger partial charge on any atom is 0.296 e. The van der Waals surface area contributed by atoms with Crippen molar-refractivity contribution < 1.29 is 22.1 Å². The van der Waals surface area contributed by atoms with Gasteiger partial charge in [-0.1, -0.05) is 24.6 Å². The van der Waals surface area contributed by atoms with E-state index in [9.17, 15) is 8.42 Å². The Morgan fingerprint density at radius 1 is 1.23 bits per heavy atom. The SMILES string of the molecule is Cc1ccc(S(=O)(=O)OC[C@@H](C)COC2CCCCO2)cc1. The third kappa shape index (κ3) is 5.35. The standard InChI is InChI=1S/C16H24O5S/c1-13-6-8-15(9-7-13)22(17,18)21-12-14(2)11-20-16-5-3-4-10-19-16/h6-9,14,16H,3-5,10-12H2,1-2H3/t14-,16?/m0/s1. The van der Waals surface area contributed by atoms with Gasteiger partial charge in [0.15, 0.2) is 6.29 Å². The van der Waals surface area contributed by atoms with Crippen molar-refractivity contribution in [2.24, 2.45) is 5.92 Å². The summed E-state index contributed by atoms with van der Waals surface area (Å²) >= 11 is 0. The lowest BCUT2D eigenvalue weighted by Crippen LogP contribution is -2.26. The molecule has 0 radical (unpaired) electrons. The van der Waals surface area contributed by atoms with E-state index in [1.165, 1.54) is 0 Å². The van der Waals surface area contributed by atoms with E-state index in [1.54, 1.807) is 24.3 Å². The molecule has 124 valence electrons. The third-order valence-corrected chi connectivity index (χ3v) is 4.82. The van der Waals surface area contributed by atoms with Gasteiger partial charge >= 0.3 is 0 Å². The molecular weight excluding hydrogens is 304 g/mol. The molecule has 0 aromatic heterocycles. The van der Waals surface area contributed by atoms with Gasteiger partial charge in [-0.3, -0.25) is 4.18 Å². The normalized spacial score (nSPS) is 20.7. The molecule has 0 spiro atoms. The Morgan fingerprint density at radius 2 is 1.95 bits per heavy atom. The van der Waals surface area contributed by atoms with Crippen LogP contribution in [0.2, 0.25) is 0 Å². The van der Waals surface area contributed by atoms with Gasteiger partial charge in [-0.2, -0.15) is 8.42 Å². The summed E-state index contributed by atoms with van der Waals surface area (Å²) < 4.78 is 40.3. The van der Waals surface area contributed by atoms with Gasteiger partial charge in [0.1, 0.15) is 0 Å². The molecule has 5 nitrogen and oxygen atoms in total. The van der Waals surface area contributed by atoms with Crippen LogP contribution in [-0.4, -0.2) is 34.5 Å². The first-order chi connectivity index (χ1) is 10.5. The molecule has 22 heavy (non-hydrogen) atoms. The molecule has 6 heteroatoms. The lowest BCUT2D eigenvalue weighted by molar-refractivity contribution is -0.169. The summed E-state index contributed by atoms with van der Waals surface area (Å²) in [5, 5.41) is 0. The van der Waals surface area contributed by atoms with Crippen molar-refractivity contribution in [3.05, 3.63) is 29.8 Å². The third-order valence-electron chi connectivity index (χ3n) is 3.52. The zero-order valence-corrected chi connectivity index (χ0v) is 14.0. The molecular formula is C16H24O5S. The molecule has 1 aromatic rings. The molecule has 1 unspecified atom stereocenters. The molecule has 2 atom stereocenters. The van der Waals surface area contributed by atoms with Crippen molar-refractivity contribution in [1.29, 1.82) is 0 Å². The van der Waals surface area contributed by atoms with Crippen LogP contribution in [0.15, 0.2) is 29.2 Å². The van der Waals surface area contributed by atoms with Gasteiger partial charge in [-0.05, 0) is 38.3 Å². The zero-order valence-electron chi connectivity index (χ0n) is 13.2. The van der Waals surface area contributed by atoms with Crippen LogP contribution in [0.5, 0.6) is 0 Å². The highest BCUT2D eigenvalue weighted by molar-refractivity contribution is 7.86. The Labute approximate surface area is 132 Å². The Morgan fingerprint density at radius 3 is 2.59 bits per heavy atom. The van der Waals surface area contributed by atoms with Crippen LogP contribution in [0.4, 0.5) is 0 Å². The van der Waals surface area contributed by atoms with E-state index in [0.29, 0.717) is 6.61 Å². The molecule has 0 amide bonds. The number of rotatable bonds is 7. The molecule has 1 aromatic carbocycles. The van der Waals surface area contributed by atoms with Crippen molar-refractivity contribution >= 4 is 10.1 Å². The number of benzene rings is 1. The average Bonchev–Trinajstić information content (AvgIpc) is 2.52. The maximum atomic E-state index is 12.1. The fourth-order valence-electron chi connectivity index (χ4n) is 2.14. The van der Waals surface area contributed by atoms with Gasteiger partial charge in [0.05, 0.1) is 18.1 Å². The van der Waals surface area contributed by atoms with Crippen molar-refractivity contribution in [2.75, 3.05) is 19.8 Å². The minimum Gasteiger partial charge on any atom is -0.353 e. The van der Waals surface area contributed by atoms with Crippen molar-refractivity contribution in [3.8, 4) is 0 Å². The first-order valence-corrected chi connectivity index (χ1v) is 9.07. The van der Waals surface area contributed by atoms with Gasteiger partial charge in [-0.15, -0.1) is 0 Å². The summed E-state index contributed by atoms with van der Waals surface area (Å²) in [6, 6.07) is 6.62. The molecule has 0 bridgehead atoms. The van der Waals surface area contributed by atoms with Crippen LogP contribution >= 0.6 is 0 Å². The predicted molar refractivity (Wildman–Crippen MR) is 83.0 cm³/mol. The second-order valence-corrected chi connectivity index (χ2v) is 7.40. The summed E-state index contributed by atoms with van der Waals surface area (Å²) in [4.78, 5) is 0.182. The van der Waals surface area contributed by atoms with Crippen LogP contribution in [0.3, 0.4) is 0 Å². The fraction of sp³-hybridized carbons (Fsp3) is 0.625. The average molecular weight is 328 g/mol. The van der Waals surface area contributed by atoms with Crippen molar-refractivity contribution in [3.63, 3.8) is 0 Å². The number of hydrogen-bond acceptors (Lipinski definition) is 5. The summed E-state index contributed by atoms with van der Waals surface area (Å²) in [5.74, 6) is -0.0225. The van der Waals surface area contributed by atoms with E-state index in [-0.39, 0.29) is 23.7 Å². The topological polar surface area (TPSA) is 61.8 Å². The number of aryl methyl sites for hydroxylation is 1. The van der Waals surface area contributed by atoms with E-state index in [2.05, 4.69) is 0 Å². The molecule has 0 saturated carbocycles. The highest BCUT2D eigenvalue weighted by Gasteiger charge is 2.19. The molecule has 2 rings (SSSR count). The van der Waals surface area contributed by atoms with E-state index in [1.807, 2.05) is 13.8 Å². The van der Waals surface area contributed by atoms with E-state index < -0.39 is 10.1 Å². The zero-order chi connectivity index (χ0) is 16.0. The Kier molecular flexibility index (Phi) is 6.37. The van der Waals surface area contributed by atoms with E-state index in [4.69, 9.17) is 13.7 Å². The lowest BCUT2D eigenvalue weighted by atomic mass is 10.2. The Balaban J connectivity index is 1.77. The highest BCUT2D eigenvalue weighted by atomic mass is 32.2. The molecule has 0 aliphatic carbocycles. The minimum absolute atomic E-state index is 0.0225. The van der Waals surface area contributed by atoms with Gasteiger partial charge in [0.2, 0.25) is 0 Å². The van der Waals surface area contributed by atoms with Crippen LogP contribution in [-0.2, 0) is 23.8 Å². The number of hydrogen-bond donors (Lipinski definition) is 0. The Hall–Kier alpha value is -0.950. The van der Waals surface area contributed by atoms with Crippen LogP contribution in [0.25, 0.3) is 0 Å². The summed E-state index contributed by atoms with van der Waals surface area (Å²) in [6.07, 6.45) is 2.92.